The summed E-state index contributed by atoms with van der Waals surface area (Å²) in [6.07, 6.45) is 1.69. The average molecular weight is 446 g/mol. The molecule has 1 saturated heterocycles. The minimum Gasteiger partial charge on any atom is -0.366 e. The van der Waals surface area contributed by atoms with Gasteiger partial charge in [0.25, 0.3) is 11.8 Å². The first-order valence-corrected chi connectivity index (χ1v) is 10.4. The largest absolute Gasteiger partial charge is 0.366 e. The van der Waals surface area contributed by atoms with Gasteiger partial charge in [-0.1, -0.05) is 23.7 Å². The van der Waals surface area contributed by atoms with Crippen LogP contribution in [0.1, 0.15) is 18.4 Å². The van der Waals surface area contributed by atoms with Gasteiger partial charge in [-0.15, -0.1) is 0 Å². The second kappa shape index (κ2) is 8.40. The monoisotopic (exact) mass is 445 g/mol. The normalized spacial score (nSPS) is 18.3. The number of imide groups is 1. The van der Waals surface area contributed by atoms with Crippen LogP contribution in [-0.2, 0) is 9.59 Å². The third-order valence-electron chi connectivity index (χ3n) is 5.94. The smallest absolute Gasteiger partial charge is 0.282 e. The van der Waals surface area contributed by atoms with Crippen LogP contribution in [0.4, 0.5) is 14.5 Å². The standard InChI is InChI=1S/C23H22ClF2N3O2/c1-27-11-9-16(10-12-27)28(2)21-20(14-3-5-15(25)6-4-14)22(30)29(23(21)31)17-7-8-19(26)18(24)13-17/h3-8,13,16H,9-12H2,1-2H3. The lowest BCUT2D eigenvalue weighted by Crippen LogP contribution is -2.43. The molecule has 2 aromatic carbocycles. The second-order valence-corrected chi connectivity index (χ2v) is 8.33. The number of amides is 2. The molecule has 0 atom stereocenters. The first-order valence-electron chi connectivity index (χ1n) is 10.0. The predicted octanol–water partition coefficient (Wildman–Crippen LogP) is 3.93. The summed E-state index contributed by atoms with van der Waals surface area (Å²) in [5.41, 5.74) is 1.09. The molecule has 5 nitrogen and oxygen atoms in total. The third-order valence-corrected chi connectivity index (χ3v) is 6.23. The number of anilines is 1. The summed E-state index contributed by atoms with van der Waals surface area (Å²) in [5.74, 6) is -2.13. The lowest BCUT2D eigenvalue weighted by Gasteiger charge is -2.36. The lowest BCUT2D eigenvalue weighted by atomic mass is 10.00. The van der Waals surface area contributed by atoms with E-state index in [2.05, 4.69) is 4.90 Å². The van der Waals surface area contributed by atoms with Crippen molar-refractivity contribution in [2.24, 2.45) is 0 Å². The Morgan fingerprint density at radius 1 is 1.00 bits per heavy atom. The Morgan fingerprint density at radius 3 is 2.26 bits per heavy atom. The fraction of sp³-hybridized carbons (Fsp3) is 0.304. The number of nitrogens with zero attached hydrogens (tertiary/aromatic N) is 3. The fourth-order valence-corrected chi connectivity index (χ4v) is 4.32. The van der Waals surface area contributed by atoms with E-state index in [1.165, 1.54) is 36.4 Å². The van der Waals surface area contributed by atoms with Gasteiger partial charge in [-0.3, -0.25) is 9.59 Å². The van der Waals surface area contributed by atoms with Gasteiger partial charge < -0.3 is 9.80 Å². The zero-order valence-electron chi connectivity index (χ0n) is 17.2. The minimum absolute atomic E-state index is 0.0788. The van der Waals surface area contributed by atoms with E-state index in [4.69, 9.17) is 11.6 Å². The Kier molecular flexibility index (Phi) is 5.81. The number of carbonyl (C=O) groups is 2. The van der Waals surface area contributed by atoms with E-state index in [-0.39, 0.29) is 28.0 Å². The molecule has 0 unspecified atom stereocenters. The number of hydrogen-bond acceptors (Lipinski definition) is 4. The van der Waals surface area contributed by atoms with E-state index in [0.717, 1.165) is 36.9 Å². The van der Waals surface area contributed by atoms with Crippen molar-refractivity contribution in [2.75, 3.05) is 32.1 Å². The Hall–Kier alpha value is -2.77. The number of piperidine rings is 1. The number of carbonyl (C=O) groups excluding carboxylic acids is 2. The molecule has 4 rings (SSSR count). The van der Waals surface area contributed by atoms with Crippen LogP contribution in [0.2, 0.25) is 5.02 Å². The van der Waals surface area contributed by atoms with Crippen LogP contribution in [0.25, 0.3) is 5.57 Å². The van der Waals surface area contributed by atoms with Crippen LogP contribution in [0.3, 0.4) is 0 Å². The van der Waals surface area contributed by atoms with Crippen LogP contribution in [0.5, 0.6) is 0 Å². The highest BCUT2D eigenvalue weighted by Crippen LogP contribution is 2.37. The molecule has 0 saturated carbocycles. The fourth-order valence-electron chi connectivity index (χ4n) is 4.15. The van der Waals surface area contributed by atoms with Crippen LogP contribution in [-0.4, -0.2) is 54.8 Å². The van der Waals surface area contributed by atoms with Crippen molar-refractivity contribution in [2.45, 2.75) is 18.9 Å². The number of benzene rings is 2. The van der Waals surface area contributed by atoms with E-state index in [0.29, 0.717) is 5.56 Å². The van der Waals surface area contributed by atoms with Crippen molar-refractivity contribution in [1.82, 2.24) is 9.80 Å². The summed E-state index contributed by atoms with van der Waals surface area (Å²) in [7, 11) is 3.85. The van der Waals surface area contributed by atoms with Gasteiger partial charge in [0.05, 0.1) is 16.3 Å². The van der Waals surface area contributed by atoms with Gasteiger partial charge in [-0.25, -0.2) is 13.7 Å². The van der Waals surface area contributed by atoms with Crippen molar-refractivity contribution in [3.05, 3.63) is 70.4 Å². The summed E-state index contributed by atoms with van der Waals surface area (Å²) in [6.45, 7) is 1.77. The number of likely N-dealkylation sites (tertiary alicyclic amines) is 1. The molecule has 0 radical (unpaired) electrons. The quantitative estimate of drug-likeness (QED) is 0.669. The van der Waals surface area contributed by atoms with Crippen molar-refractivity contribution in [3.63, 3.8) is 0 Å². The van der Waals surface area contributed by atoms with Crippen LogP contribution in [0, 0.1) is 11.6 Å². The maximum absolute atomic E-state index is 13.7. The number of rotatable bonds is 4. The van der Waals surface area contributed by atoms with E-state index in [1.807, 2.05) is 11.9 Å². The molecule has 0 bridgehead atoms. The molecule has 2 aromatic rings. The SMILES string of the molecule is CN1CCC(N(C)C2=C(c3ccc(F)cc3)C(=O)N(c3ccc(F)c(Cl)c3)C2=O)CC1. The zero-order chi connectivity index (χ0) is 22.3. The zero-order valence-corrected chi connectivity index (χ0v) is 18.0. The van der Waals surface area contributed by atoms with Crippen LogP contribution >= 0.6 is 11.6 Å². The van der Waals surface area contributed by atoms with Crippen LogP contribution in [0.15, 0.2) is 48.2 Å². The summed E-state index contributed by atoms with van der Waals surface area (Å²) >= 11 is 5.90. The van der Waals surface area contributed by atoms with E-state index in [1.54, 1.807) is 7.05 Å². The Morgan fingerprint density at radius 2 is 1.65 bits per heavy atom. The molecule has 8 heteroatoms. The van der Waals surface area contributed by atoms with Crippen molar-refractivity contribution >= 4 is 34.7 Å². The van der Waals surface area contributed by atoms with E-state index >= 15 is 0 Å². The van der Waals surface area contributed by atoms with Crippen molar-refractivity contribution in [1.29, 1.82) is 0 Å². The molecule has 31 heavy (non-hydrogen) atoms. The Labute approximate surface area is 184 Å². The van der Waals surface area contributed by atoms with Gasteiger partial charge in [0.15, 0.2) is 0 Å². The van der Waals surface area contributed by atoms with Crippen LogP contribution < -0.4 is 4.90 Å². The molecule has 1 fully saturated rings. The minimum atomic E-state index is -0.639. The highest BCUT2D eigenvalue weighted by atomic mass is 35.5. The third kappa shape index (κ3) is 3.95. The van der Waals surface area contributed by atoms with Gasteiger partial charge in [0.2, 0.25) is 0 Å². The first-order chi connectivity index (χ1) is 14.8. The number of hydrogen-bond donors (Lipinski definition) is 0. The van der Waals surface area contributed by atoms with Gasteiger partial charge in [0, 0.05) is 13.1 Å². The predicted molar refractivity (Wildman–Crippen MR) is 116 cm³/mol. The molecule has 2 aliphatic heterocycles. The molecule has 2 aliphatic rings. The average Bonchev–Trinajstić information content (AvgIpc) is 3.01. The van der Waals surface area contributed by atoms with E-state index < -0.39 is 23.4 Å². The highest BCUT2D eigenvalue weighted by molar-refractivity contribution is 6.45. The second-order valence-electron chi connectivity index (χ2n) is 7.92. The van der Waals surface area contributed by atoms with E-state index in [9.17, 15) is 18.4 Å². The summed E-state index contributed by atoms with van der Waals surface area (Å²) in [6, 6.07) is 9.28. The van der Waals surface area contributed by atoms with Crippen molar-refractivity contribution < 1.29 is 18.4 Å². The van der Waals surface area contributed by atoms with Gasteiger partial charge in [0.1, 0.15) is 17.3 Å². The van der Waals surface area contributed by atoms with Crippen molar-refractivity contribution in [3.8, 4) is 0 Å². The molecule has 2 amide bonds. The molecule has 162 valence electrons. The number of halogens is 3. The molecule has 0 spiro atoms. The Balaban J connectivity index is 1.79. The molecule has 0 aliphatic carbocycles. The summed E-state index contributed by atoms with van der Waals surface area (Å²) < 4.78 is 27.2. The first kappa shape index (κ1) is 21.5. The maximum Gasteiger partial charge on any atom is 0.282 e. The lowest BCUT2D eigenvalue weighted by molar-refractivity contribution is -0.120. The molecular formula is C23H22ClF2N3O2. The van der Waals surface area contributed by atoms with Gasteiger partial charge >= 0.3 is 0 Å². The molecule has 0 aromatic heterocycles. The summed E-state index contributed by atoms with van der Waals surface area (Å²) in [5, 5.41) is -0.182. The van der Waals surface area contributed by atoms with Gasteiger partial charge in [-0.2, -0.15) is 0 Å². The van der Waals surface area contributed by atoms with Gasteiger partial charge in [-0.05, 0) is 68.9 Å². The Bertz CT molecular complexity index is 1060. The topological polar surface area (TPSA) is 43.9 Å². The molecule has 0 N–H and O–H groups in total. The molecule has 2 heterocycles. The summed E-state index contributed by atoms with van der Waals surface area (Å²) in [4.78, 5) is 32.0. The number of likely N-dealkylation sites (N-methyl/N-ethyl adjacent to an activating group) is 1. The highest BCUT2D eigenvalue weighted by Gasteiger charge is 2.43. The maximum atomic E-state index is 13.7. The molecular weight excluding hydrogens is 424 g/mol.